The van der Waals surface area contributed by atoms with Crippen LogP contribution < -0.4 is 0 Å². The van der Waals surface area contributed by atoms with Crippen molar-refractivity contribution in [3.05, 3.63) is 0 Å². The van der Waals surface area contributed by atoms with E-state index in [0.717, 1.165) is 0 Å². The van der Waals surface area contributed by atoms with Gasteiger partial charge in [-0.3, -0.25) is 4.79 Å². The van der Waals surface area contributed by atoms with E-state index in [2.05, 4.69) is 4.74 Å². The average molecular weight is 267 g/mol. The van der Waals surface area contributed by atoms with Gasteiger partial charge in [-0.2, -0.15) is 0 Å². The number of hydrogen-bond acceptors (Lipinski definition) is 5. The number of carbonyl (C=O) groups is 1. The summed E-state index contributed by atoms with van der Waals surface area (Å²) in [6.45, 7) is 0.955. The lowest BCUT2D eigenvalue weighted by atomic mass is 10.3. The number of rotatable bonds is 9. The van der Waals surface area contributed by atoms with E-state index >= 15 is 0 Å². The summed E-state index contributed by atoms with van der Waals surface area (Å²) in [5.41, 5.74) is 0. The van der Waals surface area contributed by atoms with Crippen molar-refractivity contribution in [3.63, 3.8) is 0 Å². The van der Waals surface area contributed by atoms with Gasteiger partial charge in [-0.15, -0.1) is 0 Å². The Morgan fingerprint density at radius 2 is 1.88 bits per heavy atom. The molecule has 0 aliphatic heterocycles. The van der Waals surface area contributed by atoms with Gasteiger partial charge in [-0.25, -0.2) is 12.7 Å². The molecule has 6 nitrogen and oxygen atoms in total. The maximum Gasteiger partial charge on any atom is 0.305 e. The van der Waals surface area contributed by atoms with Gasteiger partial charge in [0.25, 0.3) is 0 Å². The highest BCUT2D eigenvalue weighted by molar-refractivity contribution is 7.89. The van der Waals surface area contributed by atoms with Crippen LogP contribution in [0.5, 0.6) is 0 Å². The molecule has 0 radical (unpaired) electrons. The molecule has 0 spiro atoms. The Morgan fingerprint density at radius 3 is 2.41 bits per heavy atom. The van der Waals surface area contributed by atoms with Gasteiger partial charge in [0.05, 0.1) is 12.9 Å². The molecule has 102 valence electrons. The van der Waals surface area contributed by atoms with Gasteiger partial charge in [0, 0.05) is 33.7 Å². The fourth-order valence-corrected chi connectivity index (χ4v) is 2.46. The van der Waals surface area contributed by atoms with E-state index in [-0.39, 0.29) is 24.6 Å². The van der Waals surface area contributed by atoms with E-state index < -0.39 is 10.0 Å². The molecule has 0 bridgehead atoms. The minimum Gasteiger partial charge on any atom is -0.469 e. The van der Waals surface area contributed by atoms with Crippen LogP contribution in [-0.2, 0) is 24.3 Å². The minimum absolute atomic E-state index is 0.0361. The summed E-state index contributed by atoms with van der Waals surface area (Å²) in [6.07, 6.45) is 1.06. The first-order valence-electron chi connectivity index (χ1n) is 5.43. The summed E-state index contributed by atoms with van der Waals surface area (Å²) < 4.78 is 34.0. The van der Waals surface area contributed by atoms with E-state index in [0.29, 0.717) is 19.6 Å². The second kappa shape index (κ2) is 8.43. The van der Waals surface area contributed by atoms with Crippen LogP contribution in [0.4, 0.5) is 0 Å². The molecule has 0 N–H and O–H groups in total. The van der Waals surface area contributed by atoms with E-state index in [1.807, 2.05) is 0 Å². The lowest BCUT2D eigenvalue weighted by Crippen LogP contribution is -2.30. The zero-order valence-electron chi connectivity index (χ0n) is 10.6. The van der Waals surface area contributed by atoms with E-state index in [1.54, 1.807) is 7.11 Å². The van der Waals surface area contributed by atoms with Crippen molar-refractivity contribution in [1.82, 2.24) is 4.31 Å². The van der Waals surface area contributed by atoms with Crippen LogP contribution in [0.15, 0.2) is 0 Å². The summed E-state index contributed by atoms with van der Waals surface area (Å²) in [5.74, 6) is -0.423. The molecule has 0 heterocycles. The molecule has 17 heavy (non-hydrogen) atoms. The van der Waals surface area contributed by atoms with Gasteiger partial charge in [0.1, 0.15) is 0 Å². The molecule has 7 heteroatoms. The Bertz CT molecular complexity index is 315. The predicted molar refractivity (Wildman–Crippen MR) is 64.2 cm³/mol. The van der Waals surface area contributed by atoms with Crippen LogP contribution in [0.3, 0.4) is 0 Å². The zero-order valence-corrected chi connectivity index (χ0v) is 11.5. The van der Waals surface area contributed by atoms with Gasteiger partial charge >= 0.3 is 5.97 Å². The van der Waals surface area contributed by atoms with Gasteiger partial charge in [-0.1, -0.05) is 0 Å². The van der Waals surface area contributed by atoms with Crippen LogP contribution >= 0.6 is 0 Å². The molecule has 0 saturated heterocycles. The maximum absolute atomic E-state index is 11.7. The molecule has 0 aliphatic carbocycles. The number of ether oxygens (including phenoxy) is 2. The Kier molecular flexibility index (Phi) is 8.11. The van der Waals surface area contributed by atoms with Crippen molar-refractivity contribution in [2.24, 2.45) is 0 Å². The van der Waals surface area contributed by atoms with Gasteiger partial charge in [-0.05, 0) is 12.8 Å². The molecular formula is C10H21NO5S. The third kappa shape index (κ3) is 7.30. The molecule has 0 aromatic carbocycles. The van der Waals surface area contributed by atoms with E-state index in [1.165, 1.54) is 18.5 Å². The Balaban J connectivity index is 3.96. The van der Waals surface area contributed by atoms with Crippen molar-refractivity contribution in [1.29, 1.82) is 0 Å². The second-order valence-corrected chi connectivity index (χ2v) is 5.86. The fourth-order valence-electron chi connectivity index (χ4n) is 1.23. The van der Waals surface area contributed by atoms with Crippen LogP contribution in [0.2, 0.25) is 0 Å². The predicted octanol–water partition coefficient (Wildman–Crippen LogP) is 0.238. The minimum atomic E-state index is -3.27. The van der Waals surface area contributed by atoms with E-state index in [9.17, 15) is 13.2 Å². The highest BCUT2D eigenvalue weighted by atomic mass is 32.2. The number of sulfonamides is 1. The Hall–Kier alpha value is -0.660. The number of carbonyl (C=O) groups excluding carboxylic acids is 1. The first kappa shape index (κ1) is 16.3. The van der Waals surface area contributed by atoms with Crippen LogP contribution in [0.25, 0.3) is 0 Å². The quantitative estimate of drug-likeness (QED) is 0.442. The molecule has 0 saturated carbocycles. The normalized spacial score (nSPS) is 11.8. The van der Waals surface area contributed by atoms with Crippen LogP contribution in [0, 0.1) is 0 Å². The van der Waals surface area contributed by atoms with Gasteiger partial charge < -0.3 is 9.47 Å². The highest BCUT2D eigenvalue weighted by Crippen LogP contribution is 2.04. The topological polar surface area (TPSA) is 72.9 Å². The highest BCUT2D eigenvalue weighted by Gasteiger charge is 2.17. The summed E-state index contributed by atoms with van der Waals surface area (Å²) >= 11 is 0. The number of hydrogen-bond donors (Lipinski definition) is 0. The first-order chi connectivity index (χ1) is 7.94. The van der Waals surface area contributed by atoms with Gasteiger partial charge in [0.15, 0.2) is 0 Å². The van der Waals surface area contributed by atoms with Crippen molar-refractivity contribution in [2.75, 3.05) is 40.2 Å². The number of nitrogens with zero attached hydrogens (tertiary/aromatic N) is 1. The van der Waals surface area contributed by atoms with E-state index in [4.69, 9.17) is 4.74 Å². The molecule has 0 unspecified atom stereocenters. The van der Waals surface area contributed by atoms with Crippen molar-refractivity contribution in [2.45, 2.75) is 19.3 Å². The molecule has 0 fully saturated rings. The maximum atomic E-state index is 11.7. The SMILES string of the molecule is COCCCN(C)S(=O)(=O)CCCC(=O)OC. The molecule has 0 amide bonds. The largest absolute Gasteiger partial charge is 0.469 e. The van der Waals surface area contributed by atoms with Crippen molar-refractivity contribution >= 4 is 16.0 Å². The second-order valence-electron chi connectivity index (χ2n) is 3.66. The lowest BCUT2D eigenvalue weighted by molar-refractivity contribution is -0.140. The smallest absolute Gasteiger partial charge is 0.305 e. The Labute approximate surface area is 103 Å². The molecule has 0 aromatic rings. The molecule has 0 aromatic heterocycles. The van der Waals surface area contributed by atoms with Crippen LogP contribution in [-0.4, -0.2) is 58.9 Å². The lowest BCUT2D eigenvalue weighted by Gasteiger charge is -2.16. The van der Waals surface area contributed by atoms with Crippen molar-refractivity contribution < 1.29 is 22.7 Å². The third-order valence-corrected chi connectivity index (χ3v) is 4.24. The summed E-state index contributed by atoms with van der Waals surface area (Å²) in [5, 5.41) is 0. The number of methoxy groups -OCH3 is 2. The zero-order chi connectivity index (χ0) is 13.3. The fraction of sp³-hybridized carbons (Fsp3) is 0.900. The summed E-state index contributed by atoms with van der Waals surface area (Å²) in [6, 6.07) is 0. The van der Waals surface area contributed by atoms with Crippen LogP contribution in [0.1, 0.15) is 19.3 Å². The number of esters is 1. The monoisotopic (exact) mass is 267 g/mol. The standard InChI is InChI=1S/C10H21NO5S/c1-11(7-5-8-15-2)17(13,14)9-4-6-10(12)16-3/h4-9H2,1-3H3. The molecule has 0 atom stereocenters. The average Bonchev–Trinajstić information content (AvgIpc) is 2.28. The molecule has 0 aliphatic rings. The Morgan fingerprint density at radius 1 is 1.24 bits per heavy atom. The summed E-state index contributed by atoms with van der Waals surface area (Å²) in [7, 11) is 1.12. The molecular weight excluding hydrogens is 246 g/mol. The molecule has 0 rings (SSSR count). The van der Waals surface area contributed by atoms with Crippen molar-refractivity contribution in [3.8, 4) is 0 Å². The third-order valence-electron chi connectivity index (χ3n) is 2.31. The summed E-state index contributed by atoms with van der Waals surface area (Å²) in [4.78, 5) is 10.8. The first-order valence-corrected chi connectivity index (χ1v) is 7.04. The van der Waals surface area contributed by atoms with Gasteiger partial charge in [0.2, 0.25) is 10.0 Å².